The number of fused-ring (bicyclic) bond motifs is 5. The van der Waals surface area contributed by atoms with Gasteiger partial charge in [0.05, 0.1) is 6.10 Å². The van der Waals surface area contributed by atoms with Crippen LogP contribution < -0.4 is 0 Å². The van der Waals surface area contributed by atoms with Gasteiger partial charge in [0.1, 0.15) is 12.3 Å². The SMILES string of the molecule is CC(C)[C@H]1CC[C@H](C)C[C@@H]1OC(=O)O[C@]1(C(=O)OCF)[C@H](C)C[C@H]2[C@@H]3C[C@H](F)C4=CC(=O)C=C[C@]4(C)[C@@]3(F)[C@@H](O)C[C@@]21C. The molecule has 5 rings (SSSR count). The van der Waals surface area contributed by atoms with E-state index in [9.17, 15) is 23.9 Å². The molecule has 4 fully saturated rings. The fourth-order valence-corrected chi connectivity index (χ4v) is 9.90. The van der Waals surface area contributed by atoms with Crippen LogP contribution in [0.1, 0.15) is 80.1 Å². The van der Waals surface area contributed by atoms with E-state index in [-0.39, 0.29) is 36.7 Å². The zero-order chi connectivity index (χ0) is 31.7. The first-order valence-electron chi connectivity index (χ1n) is 15.7. The molecule has 0 aromatic carbocycles. The van der Waals surface area contributed by atoms with Gasteiger partial charge in [-0.05, 0) is 80.4 Å². The van der Waals surface area contributed by atoms with Crippen LogP contribution in [0, 0.1) is 46.3 Å². The summed E-state index contributed by atoms with van der Waals surface area (Å²) in [5.74, 6) is -3.59. The number of carbonyl (C=O) groups is 3. The number of hydrogen-bond donors (Lipinski definition) is 1. The molecule has 0 amide bonds. The summed E-state index contributed by atoms with van der Waals surface area (Å²) in [5.41, 5.74) is -7.57. The molecule has 0 heterocycles. The van der Waals surface area contributed by atoms with Crippen molar-refractivity contribution in [1.29, 1.82) is 0 Å². The summed E-state index contributed by atoms with van der Waals surface area (Å²) in [7, 11) is 0. The van der Waals surface area contributed by atoms with Gasteiger partial charge in [0.15, 0.2) is 11.5 Å². The van der Waals surface area contributed by atoms with E-state index in [0.29, 0.717) is 12.3 Å². The molecule has 0 aromatic rings. The van der Waals surface area contributed by atoms with Crippen molar-refractivity contribution in [3.8, 4) is 0 Å². The maximum absolute atomic E-state index is 17.6. The third-order valence-corrected chi connectivity index (χ3v) is 12.1. The molecular formula is C33H45F3O7. The van der Waals surface area contributed by atoms with E-state index in [0.717, 1.165) is 18.9 Å². The topological polar surface area (TPSA) is 99.1 Å². The van der Waals surface area contributed by atoms with Gasteiger partial charge in [0.2, 0.25) is 12.5 Å². The van der Waals surface area contributed by atoms with Gasteiger partial charge in [-0.2, -0.15) is 0 Å². The Labute approximate surface area is 251 Å². The Morgan fingerprint density at radius 3 is 2.47 bits per heavy atom. The quantitative estimate of drug-likeness (QED) is 0.361. The first kappa shape index (κ1) is 32.0. The second kappa shape index (κ2) is 10.9. The number of hydrogen-bond acceptors (Lipinski definition) is 7. The van der Waals surface area contributed by atoms with E-state index in [4.69, 9.17) is 14.2 Å². The molecule has 5 aliphatic rings. The summed E-state index contributed by atoms with van der Waals surface area (Å²) < 4.78 is 63.7. The number of aliphatic hydroxyl groups excluding tert-OH is 1. The van der Waals surface area contributed by atoms with E-state index in [1.54, 1.807) is 13.8 Å². The van der Waals surface area contributed by atoms with Gasteiger partial charge in [0, 0.05) is 22.7 Å². The Balaban J connectivity index is 1.53. The fraction of sp³-hybridized carbons (Fsp3) is 0.788. The largest absolute Gasteiger partial charge is 0.509 e. The first-order chi connectivity index (χ1) is 20.1. The lowest BCUT2D eigenvalue weighted by atomic mass is 9.44. The monoisotopic (exact) mass is 610 g/mol. The molecular weight excluding hydrogens is 565 g/mol. The van der Waals surface area contributed by atoms with Gasteiger partial charge in [-0.15, -0.1) is 0 Å². The van der Waals surface area contributed by atoms with Crippen molar-refractivity contribution >= 4 is 17.9 Å². The molecule has 0 saturated heterocycles. The highest BCUT2D eigenvalue weighted by Crippen LogP contribution is 2.71. The van der Waals surface area contributed by atoms with Crippen molar-refractivity contribution in [2.45, 2.75) is 110 Å². The van der Waals surface area contributed by atoms with Gasteiger partial charge in [-0.1, -0.05) is 47.1 Å². The molecule has 12 atom stereocenters. The second-order valence-corrected chi connectivity index (χ2v) is 14.6. The molecule has 0 bridgehead atoms. The second-order valence-electron chi connectivity index (χ2n) is 14.6. The molecule has 0 radical (unpaired) electrons. The summed E-state index contributed by atoms with van der Waals surface area (Å²) in [5, 5.41) is 11.6. The van der Waals surface area contributed by atoms with Gasteiger partial charge < -0.3 is 19.3 Å². The first-order valence-corrected chi connectivity index (χ1v) is 15.7. The minimum absolute atomic E-state index is 0.0169. The Morgan fingerprint density at radius 1 is 1.12 bits per heavy atom. The summed E-state index contributed by atoms with van der Waals surface area (Å²) in [6.45, 7) is 9.46. The highest BCUT2D eigenvalue weighted by atomic mass is 19.1. The van der Waals surface area contributed by atoms with Crippen LogP contribution in [0.4, 0.5) is 18.0 Å². The molecule has 240 valence electrons. The minimum atomic E-state index is -2.38. The van der Waals surface area contributed by atoms with Crippen molar-refractivity contribution in [2.24, 2.45) is 46.3 Å². The fourth-order valence-electron chi connectivity index (χ4n) is 9.90. The molecule has 10 heteroatoms. The average molecular weight is 611 g/mol. The van der Waals surface area contributed by atoms with Crippen LogP contribution in [0.3, 0.4) is 0 Å². The van der Waals surface area contributed by atoms with Gasteiger partial charge in [-0.25, -0.2) is 22.8 Å². The van der Waals surface area contributed by atoms with Gasteiger partial charge in [0.25, 0.3) is 0 Å². The number of alkyl halides is 3. The van der Waals surface area contributed by atoms with E-state index >= 15 is 8.78 Å². The van der Waals surface area contributed by atoms with Crippen LogP contribution >= 0.6 is 0 Å². The normalized spacial score (nSPS) is 47.2. The lowest BCUT2D eigenvalue weighted by molar-refractivity contribution is -0.236. The summed E-state index contributed by atoms with van der Waals surface area (Å²) in [4.78, 5) is 39.4. The number of ketones is 1. The van der Waals surface area contributed by atoms with Crippen molar-refractivity contribution in [1.82, 2.24) is 0 Å². The zero-order valence-corrected chi connectivity index (χ0v) is 25.9. The van der Waals surface area contributed by atoms with Gasteiger partial charge >= 0.3 is 12.1 Å². The standard InChI is InChI=1S/C33H45F3O7/c1-17(2)21-8-7-18(3)11-26(21)42-29(40)43-33(28(39)41-16-34)19(4)12-22-23-14-25(35)24-13-20(37)9-10-30(24,5)32(23,36)27(38)15-31(22,33)6/h9-10,13,17-19,21-23,25-27,38H,7-8,11-12,14-16H2,1-6H3/t18-,19+,21+,22-,23-,25-,26-,27-,30-,31-,32-,33-/m0/s1. The van der Waals surface area contributed by atoms with E-state index < -0.39 is 83.0 Å². The Hall–Kier alpha value is -2.36. The van der Waals surface area contributed by atoms with Crippen LogP contribution in [0.15, 0.2) is 23.8 Å². The van der Waals surface area contributed by atoms with Crippen molar-refractivity contribution < 1.29 is 46.9 Å². The molecule has 0 aliphatic heterocycles. The highest BCUT2D eigenvalue weighted by molar-refractivity contribution is 6.01. The zero-order valence-electron chi connectivity index (χ0n) is 25.9. The Kier molecular flexibility index (Phi) is 8.13. The van der Waals surface area contributed by atoms with E-state index in [1.807, 2.05) is 0 Å². The van der Waals surface area contributed by atoms with Crippen molar-refractivity contribution in [3.63, 3.8) is 0 Å². The number of esters is 1. The summed E-state index contributed by atoms with van der Waals surface area (Å²) in [6.07, 6.45) is 0.638. The molecule has 0 unspecified atom stereocenters. The number of ether oxygens (including phenoxy) is 3. The molecule has 7 nitrogen and oxygen atoms in total. The Bertz CT molecular complexity index is 1220. The molecule has 0 spiro atoms. The maximum atomic E-state index is 17.6. The summed E-state index contributed by atoms with van der Waals surface area (Å²) in [6, 6.07) is 0. The third kappa shape index (κ3) is 4.51. The van der Waals surface area contributed by atoms with Crippen LogP contribution in [0.5, 0.6) is 0 Å². The number of allylic oxidation sites excluding steroid dienone is 4. The van der Waals surface area contributed by atoms with Crippen LogP contribution in [-0.2, 0) is 23.8 Å². The lowest BCUT2D eigenvalue weighted by Gasteiger charge is -2.62. The molecule has 5 aliphatic carbocycles. The number of carbonyl (C=O) groups excluding carboxylic acids is 3. The average Bonchev–Trinajstić information content (AvgIpc) is 3.13. The van der Waals surface area contributed by atoms with Crippen LogP contribution in [0.25, 0.3) is 0 Å². The number of aliphatic hydroxyl groups is 1. The molecule has 0 aromatic heterocycles. The molecule has 1 N–H and O–H groups in total. The Morgan fingerprint density at radius 2 is 1.81 bits per heavy atom. The van der Waals surface area contributed by atoms with Crippen LogP contribution in [0.2, 0.25) is 0 Å². The minimum Gasteiger partial charge on any atom is -0.431 e. The van der Waals surface area contributed by atoms with Crippen molar-refractivity contribution in [2.75, 3.05) is 6.86 Å². The van der Waals surface area contributed by atoms with Crippen LogP contribution in [-0.4, -0.2) is 59.5 Å². The third-order valence-electron chi connectivity index (χ3n) is 12.1. The van der Waals surface area contributed by atoms with Gasteiger partial charge in [-0.3, -0.25) is 4.79 Å². The predicted molar refractivity (Wildman–Crippen MR) is 151 cm³/mol. The summed E-state index contributed by atoms with van der Waals surface area (Å²) >= 11 is 0. The predicted octanol–water partition coefficient (Wildman–Crippen LogP) is 6.37. The number of halogens is 3. The van der Waals surface area contributed by atoms with E-state index in [2.05, 4.69) is 20.8 Å². The number of rotatable bonds is 5. The molecule has 4 saturated carbocycles. The van der Waals surface area contributed by atoms with E-state index in [1.165, 1.54) is 19.1 Å². The lowest BCUT2D eigenvalue weighted by Crippen LogP contribution is -2.71. The highest BCUT2D eigenvalue weighted by Gasteiger charge is 2.79. The maximum Gasteiger partial charge on any atom is 0.509 e. The molecule has 43 heavy (non-hydrogen) atoms. The van der Waals surface area contributed by atoms with Crippen molar-refractivity contribution in [3.05, 3.63) is 23.8 Å². The smallest absolute Gasteiger partial charge is 0.431 e.